The molecule has 0 bridgehead atoms. The van der Waals surface area contributed by atoms with Crippen molar-refractivity contribution in [3.05, 3.63) is 0 Å². The molecule has 1 amide bonds. The normalized spacial score (nSPS) is 29.7. The van der Waals surface area contributed by atoms with Crippen LogP contribution in [0.3, 0.4) is 0 Å². The van der Waals surface area contributed by atoms with Crippen LogP contribution in [0.1, 0.15) is 58.3 Å². The van der Waals surface area contributed by atoms with Crippen molar-refractivity contribution in [3.8, 4) is 6.07 Å². The second kappa shape index (κ2) is 6.65. The molecule has 2 fully saturated rings. The van der Waals surface area contributed by atoms with Crippen LogP contribution in [-0.2, 0) is 4.79 Å². The van der Waals surface area contributed by atoms with Gasteiger partial charge in [-0.1, -0.05) is 26.2 Å². The summed E-state index contributed by atoms with van der Waals surface area (Å²) in [6.07, 6.45) is 8.14. The van der Waals surface area contributed by atoms with Crippen molar-refractivity contribution in [2.24, 2.45) is 5.41 Å². The zero-order valence-corrected chi connectivity index (χ0v) is 12.6. The zero-order valence-electron chi connectivity index (χ0n) is 11.8. The maximum Gasteiger partial charge on any atom is 0.240 e. The molecule has 3 nitrogen and oxygen atoms in total. The molecule has 0 spiro atoms. The van der Waals surface area contributed by atoms with E-state index in [9.17, 15) is 10.1 Å². The van der Waals surface area contributed by atoms with Gasteiger partial charge in [0.1, 0.15) is 5.41 Å². The lowest BCUT2D eigenvalue weighted by molar-refractivity contribution is -0.128. The van der Waals surface area contributed by atoms with E-state index in [0.29, 0.717) is 5.25 Å². The maximum atomic E-state index is 12.4. The van der Waals surface area contributed by atoms with Gasteiger partial charge < -0.3 is 5.32 Å². The molecule has 0 unspecified atom stereocenters. The minimum absolute atomic E-state index is 0.000325. The summed E-state index contributed by atoms with van der Waals surface area (Å²) in [6, 6.07) is 2.57. The standard InChI is InChI=1S/C15H24N2OS/c1-2-19-13-7-5-6-12(10-13)17-14(18)15(11-16)8-3-4-9-15/h12-13H,2-10H2,1H3,(H,17,18)/t12-,13-/m0/s1. The van der Waals surface area contributed by atoms with Crippen LogP contribution in [0, 0.1) is 16.7 Å². The van der Waals surface area contributed by atoms with E-state index < -0.39 is 5.41 Å². The van der Waals surface area contributed by atoms with Crippen molar-refractivity contribution in [2.45, 2.75) is 69.6 Å². The second-order valence-electron chi connectivity index (χ2n) is 5.82. The van der Waals surface area contributed by atoms with Gasteiger partial charge in [-0.2, -0.15) is 17.0 Å². The van der Waals surface area contributed by atoms with Crippen molar-refractivity contribution >= 4 is 17.7 Å². The molecule has 2 rings (SSSR count). The Balaban J connectivity index is 1.90. The lowest BCUT2D eigenvalue weighted by Gasteiger charge is -2.31. The van der Waals surface area contributed by atoms with Gasteiger partial charge in [-0.25, -0.2) is 0 Å². The second-order valence-corrected chi connectivity index (χ2v) is 7.39. The first-order chi connectivity index (χ1) is 9.20. The van der Waals surface area contributed by atoms with Crippen molar-refractivity contribution in [1.82, 2.24) is 5.32 Å². The number of nitriles is 1. The van der Waals surface area contributed by atoms with Crippen molar-refractivity contribution in [1.29, 1.82) is 5.26 Å². The Morgan fingerprint density at radius 1 is 1.37 bits per heavy atom. The van der Waals surface area contributed by atoms with Crippen molar-refractivity contribution in [3.63, 3.8) is 0 Å². The summed E-state index contributed by atoms with van der Waals surface area (Å²) in [5.74, 6) is 1.15. The average molecular weight is 280 g/mol. The topological polar surface area (TPSA) is 52.9 Å². The van der Waals surface area contributed by atoms with Crippen LogP contribution in [0.5, 0.6) is 0 Å². The molecule has 19 heavy (non-hydrogen) atoms. The average Bonchev–Trinajstić information content (AvgIpc) is 2.89. The van der Waals surface area contributed by atoms with E-state index in [1.165, 1.54) is 12.8 Å². The van der Waals surface area contributed by atoms with E-state index >= 15 is 0 Å². The number of nitrogens with one attached hydrogen (secondary N) is 1. The Hall–Kier alpha value is -0.690. The third kappa shape index (κ3) is 3.45. The number of hydrogen-bond donors (Lipinski definition) is 1. The molecule has 0 radical (unpaired) electrons. The highest BCUT2D eigenvalue weighted by Crippen LogP contribution is 2.38. The van der Waals surface area contributed by atoms with E-state index in [1.54, 1.807) is 0 Å². The fourth-order valence-electron chi connectivity index (χ4n) is 3.35. The minimum Gasteiger partial charge on any atom is -0.352 e. The Morgan fingerprint density at radius 2 is 2.11 bits per heavy atom. The van der Waals surface area contributed by atoms with E-state index in [1.807, 2.05) is 11.8 Å². The Bertz CT molecular complexity index is 356. The molecule has 0 heterocycles. The molecule has 1 N–H and O–H groups in total. The fourth-order valence-corrected chi connectivity index (χ4v) is 4.53. The minimum atomic E-state index is -0.717. The largest absolute Gasteiger partial charge is 0.352 e. The number of carbonyl (C=O) groups is 1. The van der Waals surface area contributed by atoms with Crippen LogP contribution < -0.4 is 5.32 Å². The number of rotatable bonds is 4. The van der Waals surface area contributed by atoms with Crippen molar-refractivity contribution < 1.29 is 4.79 Å². The molecule has 0 saturated heterocycles. The van der Waals surface area contributed by atoms with Crippen LogP contribution in [0.15, 0.2) is 0 Å². The molecule has 2 aliphatic carbocycles. The van der Waals surface area contributed by atoms with Gasteiger partial charge >= 0.3 is 0 Å². The zero-order chi connectivity index (χ0) is 13.7. The maximum absolute atomic E-state index is 12.4. The van der Waals surface area contributed by atoms with Crippen LogP contribution in [0.4, 0.5) is 0 Å². The van der Waals surface area contributed by atoms with Gasteiger partial charge in [-0.05, 0) is 37.9 Å². The predicted octanol–water partition coefficient (Wildman–Crippen LogP) is 3.25. The molecule has 0 aromatic rings. The van der Waals surface area contributed by atoms with Crippen LogP contribution in [0.2, 0.25) is 0 Å². The van der Waals surface area contributed by atoms with Crippen LogP contribution in [-0.4, -0.2) is 23.0 Å². The molecule has 4 heteroatoms. The van der Waals surface area contributed by atoms with Gasteiger partial charge in [-0.15, -0.1) is 0 Å². The highest BCUT2D eigenvalue weighted by Gasteiger charge is 2.42. The highest BCUT2D eigenvalue weighted by atomic mass is 32.2. The summed E-state index contributed by atoms with van der Waals surface area (Å²) in [5.41, 5.74) is -0.717. The lowest BCUT2D eigenvalue weighted by Crippen LogP contribution is -2.46. The SMILES string of the molecule is CCS[C@H]1CCC[C@H](NC(=O)C2(C#N)CCCC2)C1. The highest BCUT2D eigenvalue weighted by molar-refractivity contribution is 7.99. The number of amides is 1. The smallest absolute Gasteiger partial charge is 0.240 e. The first-order valence-electron chi connectivity index (χ1n) is 7.54. The molecule has 106 valence electrons. The number of nitrogens with zero attached hydrogens (tertiary/aromatic N) is 1. The lowest BCUT2D eigenvalue weighted by atomic mass is 9.85. The fraction of sp³-hybridized carbons (Fsp3) is 0.867. The molecule has 0 aromatic carbocycles. The summed E-state index contributed by atoms with van der Waals surface area (Å²) in [4.78, 5) is 12.4. The van der Waals surface area contributed by atoms with Gasteiger partial charge in [0.2, 0.25) is 5.91 Å². The van der Waals surface area contributed by atoms with E-state index in [0.717, 1.165) is 44.3 Å². The number of hydrogen-bond acceptors (Lipinski definition) is 3. The monoisotopic (exact) mass is 280 g/mol. The van der Waals surface area contributed by atoms with Gasteiger partial charge in [0.25, 0.3) is 0 Å². The summed E-state index contributed by atoms with van der Waals surface area (Å²) in [7, 11) is 0. The molecule has 2 aliphatic rings. The van der Waals surface area contributed by atoms with Crippen LogP contribution >= 0.6 is 11.8 Å². The molecule has 2 saturated carbocycles. The first kappa shape index (κ1) is 14.7. The molecular weight excluding hydrogens is 256 g/mol. The van der Waals surface area contributed by atoms with E-state index in [2.05, 4.69) is 18.3 Å². The van der Waals surface area contributed by atoms with Crippen molar-refractivity contribution in [2.75, 3.05) is 5.75 Å². The van der Waals surface area contributed by atoms with Gasteiger partial charge in [-0.3, -0.25) is 4.79 Å². The van der Waals surface area contributed by atoms with E-state index in [4.69, 9.17) is 0 Å². The Kier molecular flexibility index (Phi) is 5.15. The van der Waals surface area contributed by atoms with Crippen LogP contribution in [0.25, 0.3) is 0 Å². The molecular formula is C15H24N2OS. The number of thioether (sulfide) groups is 1. The van der Waals surface area contributed by atoms with Gasteiger partial charge in [0.05, 0.1) is 6.07 Å². The van der Waals surface area contributed by atoms with Gasteiger partial charge in [0.15, 0.2) is 0 Å². The Morgan fingerprint density at radius 3 is 2.74 bits per heavy atom. The first-order valence-corrected chi connectivity index (χ1v) is 8.59. The summed E-state index contributed by atoms with van der Waals surface area (Å²) in [5, 5.41) is 13.2. The summed E-state index contributed by atoms with van der Waals surface area (Å²) in [6.45, 7) is 2.19. The van der Waals surface area contributed by atoms with Gasteiger partial charge in [0, 0.05) is 11.3 Å². The molecule has 0 aliphatic heterocycles. The number of carbonyl (C=O) groups excluding carboxylic acids is 1. The quantitative estimate of drug-likeness (QED) is 0.860. The third-order valence-electron chi connectivity index (χ3n) is 4.47. The predicted molar refractivity (Wildman–Crippen MR) is 78.8 cm³/mol. The Labute approximate surface area is 120 Å². The van der Waals surface area contributed by atoms with E-state index in [-0.39, 0.29) is 11.9 Å². The summed E-state index contributed by atoms with van der Waals surface area (Å²) < 4.78 is 0. The molecule has 2 atom stereocenters. The summed E-state index contributed by atoms with van der Waals surface area (Å²) >= 11 is 2.00. The third-order valence-corrected chi connectivity index (χ3v) is 5.70. The molecule has 0 aromatic heterocycles.